The molecule has 1 saturated heterocycles. The first-order valence-corrected chi connectivity index (χ1v) is 8.92. The Hall–Kier alpha value is -3.39. The number of nitrogens with zero attached hydrogens (tertiary/aromatic N) is 2. The van der Waals surface area contributed by atoms with Gasteiger partial charge in [-0.15, -0.1) is 0 Å². The molecule has 0 radical (unpaired) electrons. The molecule has 3 N–H and O–H groups in total. The lowest BCUT2D eigenvalue weighted by Crippen LogP contribution is -2.37. The van der Waals surface area contributed by atoms with Gasteiger partial charge < -0.3 is 25.0 Å². The van der Waals surface area contributed by atoms with E-state index in [1.165, 1.54) is 6.20 Å². The molecule has 1 unspecified atom stereocenters. The predicted molar refractivity (Wildman–Crippen MR) is 101 cm³/mol. The number of halogens is 1. The zero-order valence-electron chi connectivity index (χ0n) is 14.7. The first kappa shape index (κ1) is 16.8. The SMILES string of the molecule is NC1CCCN1c1c(F)cc2c(=O)c(C(=O)O)cn3c2c1Oc1ccccc1-3. The molecule has 5 rings (SSSR count). The van der Waals surface area contributed by atoms with Crippen LogP contribution in [-0.2, 0) is 0 Å². The third kappa shape index (κ3) is 2.18. The van der Waals surface area contributed by atoms with Gasteiger partial charge in [-0.25, -0.2) is 9.18 Å². The van der Waals surface area contributed by atoms with Gasteiger partial charge in [0.25, 0.3) is 0 Å². The van der Waals surface area contributed by atoms with Gasteiger partial charge in [0.1, 0.15) is 16.8 Å². The van der Waals surface area contributed by atoms with Gasteiger partial charge in [-0.3, -0.25) is 4.79 Å². The number of carboxylic acid groups (broad SMARTS) is 1. The van der Waals surface area contributed by atoms with Crippen molar-refractivity contribution >= 4 is 22.6 Å². The van der Waals surface area contributed by atoms with Gasteiger partial charge in [0, 0.05) is 12.7 Å². The molecule has 0 spiro atoms. The fourth-order valence-corrected chi connectivity index (χ4v) is 4.05. The van der Waals surface area contributed by atoms with Crippen molar-refractivity contribution in [3.8, 4) is 17.2 Å². The molecule has 1 aromatic heterocycles. The van der Waals surface area contributed by atoms with Crippen molar-refractivity contribution in [3.63, 3.8) is 0 Å². The quantitative estimate of drug-likeness (QED) is 0.554. The van der Waals surface area contributed by atoms with Crippen LogP contribution in [0.1, 0.15) is 23.2 Å². The number of pyridine rings is 1. The first-order chi connectivity index (χ1) is 13.5. The normalized spacial score (nSPS) is 17.5. The fourth-order valence-electron chi connectivity index (χ4n) is 4.05. The molecule has 2 aliphatic rings. The van der Waals surface area contributed by atoms with Gasteiger partial charge in [-0.05, 0) is 31.0 Å². The average molecular weight is 381 g/mol. The molecule has 2 aromatic carbocycles. The van der Waals surface area contributed by atoms with E-state index in [4.69, 9.17) is 10.5 Å². The number of carbonyl (C=O) groups is 1. The van der Waals surface area contributed by atoms with Crippen LogP contribution >= 0.6 is 0 Å². The molecular formula is C20H16FN3O4. The summed E-state index contributed by atoms with van der Waals surface area (Å²) >= 11 is 0. The fraction of sp³-hybridized carbons (Fsp3) is 0.200. The van der Waals surface area contributed by atoms with Crippen LogP contribution in [-0.4, -0.2) is 28.4 Å². The minimum absolute atomic E-state index is 0.0431. The predicted octanol–water partition coefficient (Wildman–Crippen LogP) is 2.82. The molecule has 0 bridgehead atoms. The average Bonchev–Trinajstić information content (AvgIpc) is 3.09. The summed E-state index contributed by atoms with van der Waals surface area (Å²) in [4.78, 5) is 26.0. The number of hydrogen-bond donors (Lipinski definition) is 2. The van der Waals surface area contributed by atoms with Gasteiger partial charge in [0.15, 0.2) is 17.3 Å². The number of para-hydroxylation sites is 2. The molecule has 0 saturated carbocycles. The van der Waals surface area contributed by atoms with E-state index in [1.54, 1.807) is 33.7 Å². The number of aromatic carboxylic acids is 1. The molecule has 1 fully saturated rings. The Labute approximate surface area is 158 Å². The van der Waals surface area contributed by atoms with Crippen LogP contribution in [0.5, 0.6) is 11.5 Å². The third-order valence-corrected chi connectivity index (χ3v) is 5.32. The second kappa shape index (κ2) is 5.80. The van der Waals surface area contributed by atoms with Crippen LogP contribution in [0.2, 0.25) is 0 Å². The Bertz CT molecular complexity index is 1220. The van der Waals surface area contributed by atoms with Crippen molar-refractivity contribution in [2.45, 2.75) is 19.0 Å². The largest absolute Gasteiger partial charge is 0.477 e. The van der Waals surface area contributed by atoms with Crippen molar-refractivity contribution in [2.75, 3.05) is 11.4 Å². The third-order valence-electron chi connectivity index (χ3n) is 5.32. The van der Waals surface area contributed by atoms with E-state index in [0.29, 0.717) is 23.5 Å². The van der Waals surface area contributed by atoms with Gasteiger partial charge in [0.2, 0.25) is 5.43 Å². The lowest BCUT2D eigenvalue weighted by molar-refractivity contribution is 0.0695. The highest BCUT2D eigenvalue weighted by molar-refractivity contribution is 5.99. The molecule has 142 valence electrons. The lowest BCUT2D eigenvalue weighted by atomic mass is 10.1. The summed E-state index contributed by atoms with van der Waals surface area (Å²) in [5.74, 6) is -1.41. The van der Waals surface area contributed by atoms with Crippen LogP contribution < -0.4 is 20.8 Å². The van der Waals surface area contributed by atoms with Crippen LogP contribution in [0.15, 0.2) is 41.3 Å². The van der Waals surface area contributed by atoms with E-state index in [1.807, 2.05) is 0 Å². The number of ether oxygens (including phenoxy) is 1. The number of rotatable bonds is 2. The maximum atomic E-state index is 15.2. The second-order valence-electron chi connectivity index (χ2n) is 6.95. The van der Waals surface area contributed by atoms with Crippen LogP contribution in [0.3, 0.4) is 0 Å². The molecule has 3 heterocycles. The monoisotopic (exact) mass is 381 g/mol. The van der Waals surface area contributed by atoms with Crippen molar-refractivity contribution in [1.82, 2.24) is 4.57 Å². The Kier molecular flexibility index (Phi) is 3.47. The van der Waals surface area contributed by atoms with Crippen molar-refractivity contribution in [3.05, 3.63) is 58.1 Å². The number of benzene rings is 2. The first-order valence-electron chi connectivity index (χ1n) is 8.92. The van der Waals surface area contributed by atoms with E-state index < -0.39 is 22.8 Å². The maximum absolute atomic E-state index is 15.2. The second-order valence-corrected chi connectivity index (χ2v) is 6.95. The highest BCUT2D eigenvalue weighted by Gasteiger charge is 2.33. The summed E-state index contributed by atoms with van der Waals surface area (Å²) in [6.07, 6.45) is 2.45. The van der Waals surface area contributed by atoms with Gasteiger partial charge in [-0.1, -0.05) is 12.1 Å². The maximum Gasteiger partial charge on any atom is 0.341 e. The number of anilines is 1. The number of carboxylic acids is 1. The zero-order chi connectivity index (χ0) is 19.6. The number of aromatic nitrogens is 1. The molecule has 0 amide bonds. The minimum atomic E-state index is -1.37. The molecule has 7 nitrogen and oxygen atoms in total. The van der Waals surface area contributed by atoms with E-state index in [0.717, 1.165) is 18.9 Å². The summed E-state index contributed by atoms with van der Waals surface area (Å²) in [5, 5.41) is 9.41. The summed E-state index contributed by atoms with van der Waals surface area (Å²) < 4.78 is 22.8. The smallest absolute Gasteiger partial charge is 0.341 e. The Morgan fingerprint density at radius 3 is 2.82 bits per heavy atom. The number of nitrogens with two attached hydrogens (primary N) is 1. The zero-order valence-corrected chi connectivity index (χ0v) is 14.7. The lowest BCUT2D eigenvalue weighted by Gasteiger charge is -2.30. The van der Waals surface area contributed by atoms with Crippen LogP contribution in [0.25, 0.3) is 16.6 Å². The minimum Gasteiger partial charge on any atom is -0.477 e. The van der Waals surface area contributed by atoms with Gasteiger partial charge in [0.05, 0.1) is 17.2 Å². The standard InChI is InChI=1S/C20H16FN3O4/c21-12-8-10-16-19(17(12)23-7-3-6-15(23)22)28-14-5-2-1-4-13(14)24(16)9-11(18(10)25)20(26)27/h1-2,4-5,8-9,15H,3,6-7,22H2,(H,26,27). The van der Waals surface area contributed by atoms with Crippen molar-refractivity contribution < 1.29 is 19.0 Å². The summed E-state index contributed by atoms with van der Waals surface area (Å²) in [7, 11) is 0. The van der Waals surface area contributed by atoms with Crippen molar-refractivity contribution in [2.24, 2.45) is 5.73 Å². The van der Waals surface area contributed by atoms with Crippen molar-refractivity contribution in [1.29, 1.82) is 0 Å². The summed E-state index contributed by atoms with van der Waals surface area (Å²) in [6.45, 7) is 0.568. The van der Waals surface area contributed by atoms with Gasteiger partial charge in [-0.2, -0.15) is 0 Å². The Morgan fingerprint density at radius 1 is 1.32 bits per heavy atom. The molecule has 3 aromatic rings. The molecule has 0 aliphatic carbocycles. The Morgan fingerprint density at radius 2 is 2.11 bits per heavy atom. The summed E-state index contributed by atoms with van der Waals surface area (Å²) in [6, 6.07) is 8.09. The number of hydrogen-bond acceptors (Lipinski definition) is 5. The topological polar surface area (TPSA) is 97.8 Å². The van der Waals surface area contributed by atoms with E-state index in [9.17, 15) is 14.7 Å². The molecule has 1 atom stereocenters. The Balaban J connectivity index is 1.94. The van der Waals surface area contributed by atoms with Gasteiger partial charge >= 0.3 is 5.97 Å². The van der Waals surface area contributed by atoms with E-state index in [-0.39, 0.29) is 23.0 Å². The van der Waals surface area contributed by atoms with Crippen LogP contribution in [0, 0.1) is 5.82 Å². The molecule has 8 heteroatoms. The summed E-state index contributed by atoms with van der Waals surface area (Å²) in [5.41, 5.74) is 6.08. The van der Waals surface area contributed by atoms with E-state index >= 15 is 4.39 Å². The molecular weight excluding hydrogens is 365 g/mol. The van der Waals surface area contributed by atoms with Crippen LogP contribution in [0.4, 0.5) is 10.1 Å². The highest BCUT2D eigenvalue weighted by atomic mass is 19.1. The number of fused-ring (bicyclic) bond motifs is 2. The molecule has 2 aliphatic heterocycles. The highest BCUT2D eigenvalue weighted by Crippen LogP contribution is 2.47. The molecule has 28 heavy (non-hydrogen) atoms. The van der Waals surface area contributed by atoms with E-state index in [2.05, 4.69) is 0 Å².